The molecule has 1 aromatic rings. The molecule has 0 aliphatic rings. The number of carboxylic acids is 1. The van der Waals surface area contributed by atoms with E-state index in [9.17, 15) is 9.90 Å². The highest BCUT2D eigenvalue weighted by atomic mass is 16.4. The smallest absolute Gasteiger partial charge is 0.311 e. The molecule has 1 rings (SSSR count). The van der Waals surface area contributed by atoms with Crippen LogP contribution in [0.25, 0.3) is 0 Å². The van der Waals surface area contributed by atoms with Crippen molar-refractivity contribution in [3.05, 3.63) is 35.4 Å². The first kappa shape index (κ1) is 12.7. The second-order valence-electron chi connectivity index (χ2n) is 4.31. The van der Waals surface area contributed by atoms with Gasteiger partial charge in [0, 0.05) is 6.54 Å². The van der Waals surface area contributed by atoms with Gasteiger partial charge in [-0.15, -0.1) is 0 Å². The van der Waals surface area contributed by atoms with Crippen LogP contribution in [0.15, 0.2) is 24.3 Å². The summed E-state index contributed by atoms with van der Waals surface area (Å²) in [6.45, 7) is 4.05. The van der Waals surface area contributed by atoms with Crippen LogP contribution in [-0.2, 0) is 11.2 Å². The van der Waals surface area contributed by atoms with Crippen molar-refractivity contribution in [1.82, 2.24) is 0 Å². The maximum Gasteiger partial charge on any atom is 0.311 e. The van der Waals surface area contributed by atoms with Gasteiger partial charge in [0.2, 0.25) is 0 Å². The first-order chi connectivity index (χ1) is 7.54. The summed E-state index contributed by atoms with van der Waals surface area (Å²) < 4.78 is 0. The van der Waals surface area contributed by atoms with E-state index in [1.165, 1.54) is 5.56 Å². The number of benzene rings is 1. The lowest BCUT2D eigenvalue weighted by Gasteiger charge is -2.26. The molecule has 0 aliphatic carbocycles. The van der Waals surface area contributed by atoms with Crippen LogP contribution in [0, 0.1) is 12.3 Å². The number of aliphatic carboxylic acids is 1. The summed E-state index contributed by atoms with van der Waals surface area (Å²) >= 11 is 0. The van der Waals surface area contributed by atoms with Crippen molar-refractivity contribution in [2.24, 2.45) is 11.1 Å². The number of carbonyl (C=O) groups is 1. The first-order valence-corrected chi connectivity index (χ1v) is 5.53. The molecule has 0 aliphatic heterocycles. The Morgan fingerprint density at radius 2 is 1.94 bits per heavy atom. The lowest BCUT2D eigenvalue weighted by Crippen LogP contribution is -2.40. The summed E-state index contributed by atoms with van der Waals surface area (Å²) in [5.41, 5.74) is 6.99. The molecule has 1 aromatic carbocycles. The van der Waals surface area contributed by atoms with Crippen LogP contribution in [0.3, 0.4) is 0 Å². The van der Waals surface area contributed by atoms with Gasteiger partial charge in [0.1, 0.15) is 0 Å². The predicted molar refractivity (Wildman–Crippen MR) is 64.3 cm³/mol. The molecule has 0 saturated carbocycles. The Balaban J connectivity index is 2.91. The quantitative estimate of drug-likeness (QED) is 0.799. The number of hydrogen-bond acceptors (Lipinski definition) is 2. The second kappa shape index (κ2) is 5.12. The van der Waals surface area contributed by atoms with E-state index < -0.39 is 11.4 Å². The number of carboxylic acid groups (broad SMARTS) is 1. The highest BCUT2D eigenvalue weighted by molar-refractivity contribution is 5.75. The zero-order chi connectivity index (χ0) is 12.2. The topological polar surface area (TPSA) is 63.3 Å². The van der Waals surface area contributed by atoms with Gasteiger partial charge >= 0.3 is 5.97 Å². The van der Waals surface area contributed by atoms with E-state index in [0.717, 1.165) is 5.56 Å². The molecular formula is C13H19NO2. The number of hydrogen-bond donors (Lipinski definition) is 2. The monoisotopic (exact) mass is 221 g/mol. The third-order valence-electron chi connectivity index (χ3n) is 3.18. The molecule has 0 spiro atoms. The van der Waals surface area contributed by atoms with Gasteiger partial charge in [-0.25, -0.2) is 0 Å². The zero-order valence-electron chi connectivity index (χ0n) is 9.86. The Kier molecular flexibility index (Phi) is 4.07. The van der Waals surface area contributed by atoms with E-state index in [2.05, 4.69) is 0 Å². The minimum Gasteiger partial charge on any atom is -0.481 e. The number of rotatable bonds is 5. The second-order valence-corrected chi connectivity index (χ2v) is 4.31. The minimum atomic E-state index is -0.824. The third-order valence-corrected chi connectivity index (χ3v) is 3.18. The van der Waals surface area contributed by atoms with Gasteiger partial charge in [-0.1, -0.05) is 36.8 Å². The molecule has 1 atom stereocenters. The fourth-order valence-electron chi connectivity index (χ4n) is 1.75. The molecule has 0 fully saturated rings. The Bertz CT molecular complexity index is 353. The van der Waals surface area contributed by atoms with Crippen molar-refractivity contribution in [1.29, 1.82) is 0 Å². The normalized spacial score (nSPS) is 14.4. The molecule has 0 radical (unpaired) electrons. The van der Waals surface area contributed by atoms with Crippen molar-refractivity contribution in [2.45, 2.75) is 26.7 Å². The highest BCUT2D eigenvalue weighted by Gasteiger charge is 2.35. The van der Waals surface area contributed by atoms with Gasteiger partial charge in [-0.3, -0.25) is 4.79 Å². The Labute approximate surface area is 96.3 Å². The van der Waals surface area contributed by atoms with Crippen LogP contribution in [0.5, 0.6) is 0 Å². The van der Waals surface area contributed by atoms with Crippen molar-refractivity contribution in [3.8, 4) is 0 Å². The van der Waals surface area contributed by atoms with E-state index in [4.69, 9.17) is 5.73 Å². The van der Waals surface area contributed by atoms with Crippen LogP contribution in [-0.4, -0.2) is 17.6 Å². The highest BCUT2D eigenvalue weighted by Crippen LogP contribution is 2.26. The number of aryl methyl sites for hydroxylation is 1. The molecule has 0 bridgehead atoms. The Morgan fingerprint density at radius 1 is 1.38 bits per heavy atom. The van der Waals surface area contributed by atoms with Crippen molar-refractivity contribution < 1.29 is 9.90 Å². The summed E-state index contributed by atoms with van der Waals surface area (Å²) in [7, 11) is 0. The van der Waals surface area contributed by atoms with E-state index in [-0.39, 0.29) is 6.54 Å². The summed E-state index contributed by atoms with van der Waals surface area (Å²) in [4.78, 5) is 11.3. The van der Waals surface area contributed by atoms with Gasteiger partial charge < -0.3 is 10.8 Å². The van der Waals surface area contributed by atoms with Gasteiger partial charge in [-0.05, 0) is 25.3 Å². The van der Waals surface area contributed by atoms with E-state index in [0.29, 0.717) is 12.8 Å². The fourth-order valence-corrected chi connectivity index (χ4v) is 1.75. The molecule has 0 saturated heterocycles. The van der Waals surface area contributed by atoms with Crippen LogP contribution in [0.1, 0.15) is 24.5 Å². The lowest BCUT2D eigenvalue weighted by molar-refractivity contribution is -0.148. The molecule has 0 amide bonds. The van der Waals surface area contributed by atoms with Crippen molar-refractivity contribution in [2.75, 3.05) is 6.54 Å². The van der Waals surface area contributed by atoms with Crippen molar-refractivity contribution in [3.63, 3.8) is 0 Å². The van der Waals surface area contributed by atoms with Crippen LogP contribution < -0.4 is 5.73 Å². The molecule has 88 valence electrons. The molecule has 0 heterocycles. The standard InChI is InChI=1S/C13H19NO2/c1-3-13(9-14,12(15)16)8-11-6-4-10(2)5-7-11/h4-7H,3,8-9,14H2,1-2H3,(H,15,16). The molecule has 16 heavy (non-hydrogen) atoms. The van der Waals surface area contributed by atoms with E-state index >= 15 is 0 Å². The van der Waals surface area contributed by atoms with Crippen molar-refractivity contribution >= 4 is 5.97 Å². The maximum atomic E-state index is 11.3. The maximum absolute atomic E-state index is 11.3. The summed E-state index contributed by atoms with van der Waals surface area (Å²) in [5, 5.41) is 9.26. The third kappa shape index (κ3) is 2.61. The molecule has 0 aromatic heterocycles. The Morgan fingerprint density at radius 3 is 2.31 bits per heavy atom. The molecular weight excluding hydrogens is 202 g/mol. The van der Waals surface area contributed by atoms with Gasteiger partial charge in [0.05, 0.1) is 5.41 Å². The van der Waals surface area contributed by atoms with E-state index in [1.54, 1.807) is 0 Å². The average Bonchev–Trinajstić information content (AvgIpc) is 2.28. The first-order valence-electron chi connectivity index (χ1n) is 5.53. The van der Waals surface area contributed by atoms with Gasteiger partial charge in [-0.2, -0.15) is 0 Å². The molecule has 1 unspecified atom stereocenters. The SMILES string of the molecule is CCC(CN)(Cc1ccc(C)cc1)C(=O)O. The Hall–Kier alpha value is -1.35. The van der Waals surface area contributed by atoms with Gasteiger partial charge in [0.15, 0.2) is 0 Å². The summed E-state index contributed by atoms with van der Waals surface area (Å²) in [6.07, 6.45) is 1.04. The van der Waals surface area contributed by atoms with Gasteiger partial charge in [0.25, 0.3) is 0 Å². The minimum absolute atomic E-state index is 0.173. The largest absolute Gasteiger partial charge is 0.481 e. The fraction of sp³-hybridized carbons (Fsp3) is 0.462. The van der Waals surface area contributed by atoms with E-state index in [1.807, 2.05) is 38.1 Å². The number of nitrogens with two attached hydrogens (primary N) is 1. The lowest BCUT2D eigenvalue weighted by atomic mass is 9.79. The summed E-state index contributed by atoms with van der Waals surface area (Å²) in [5.74, 6) is -0.807. The van der Waals surface area contributed by atoms with Crippen LogP contribution in [0.4, 0.5) is 0 Å². The molecule has 3 heteroatoms. The van der Waals surface area contributed by atoms with Crippen LogP contribution >= 0.6 is 0 Å². The van der Waals surface area contributed by atoms with Crippen LogP contribution in [0.2, 0.25) is 0 Å². The zero-order valence-corrected chi connectivity index (χ0v) is 9.86. The summed E-state index contributed by atoms with van der Waals surface area (Å²) in [6, 6.07) is 7.93. The predicted octanol–water partition coefficient (Wildman–Crippen LogP) is 1.98. The average molecular weight is 221 g/mol. The molecule has 3 N–H and O–H groups in total. The molecule has 3 nitrogen and oxygen atoms in total.